The number of hydrogen-bond donors (Lipinski definition) is 1. The first kappa shape index (κ1) is 14.9. The fraction of sp³-hybridized carbons (Fsp3) is 0.462. The number of nitrogens with two attached hydrogens (primary N) is 1. The zero-order valence-electron chi connectivity index (χ0n) is 11.6. The molecule has 0 spiro atoms. The lowest BCUT2D eigenvalue weighted by Gasteiger charge is -2.08. The first-order valence-electron chi connectivity index (χ1n) is 6.47. The van der Waals surface area contributed by atoms with Gasteiger partial charge in [0.25, 0.3) is 0 Å². The maximum absolute atomic E-state index is 5.88. The molecule has 2 rings (SSSR count). The van der Waals surface area contributed by atoms with Gasteiger partial charge < -0.3 is 10.5 Å². The van der Waals surface area contributed by atoms with E-state index in [4.69, 9.17) is 10.5 Å². The van der Waals surface area contributed by atoms with Gasteiger partial charge in [0, 0.05) is 22.3 Å². The molecule has 0 saturated carbocycles. The molecule has 1 aromatic heterocycles. The van der Waals surface area contributed by atoms with Crippen molar-refractivity contribution < 1.29 is 4.74 Å². The van der Waals surface area contributed by atoms with E-state index in [2.05, 4.69) is 45.3 Å². The minimum absolute atomic E-state index is 0.523. The number of hydrogen-bond acceptors (Lipinski definition) is 5. The summed E-state index contributed by atoms with van der Waals surface area (Å²) in [5.41, 5.74) is 7.43. The van der Waals surface area contributed by atoms with E-state index in [1.807, 2.05) is 18.2 Å². The zero-order valence-corrected chi connectivity index (χ0v) is 13.2. The van der Waals surface area contributed by atoms with Gasteiger partial charge in [0.05, 0.1) is 13.2 Å². The molecule has 7 heteroatoms. The first-order chi connectivity index (χ1) is 9.58. The first-order valence-corrected chi connectivity index (χ1v) is 7.26. The molecule has 0 aliphatic carbocycles. The van der Waals surface area contributed by atoms with Gasteiger partial charge >= 0.3 is 0 Å². The fourth-order valence-electron chi connectivity index (χ4n) is 1.71. The van der Waals surface area contributed by atoms with Crippen molar-refractivity contribution in [2.45, 2.75) is 20.4 Å². The molecule has 2 aromatic rings. The van der Waals surface area contributed by atoms with Crippen LogP contribution in [0.1, 0.15) is 13.8 Å². The molecule has 0 aliphatic heterocycles. The smallest absolute Gasteiger partial charge is 0.182 e. The number of benzene rings is 1. The summed E-state index contributed by atoms with van der Waals surface area (Å²) in [5, 5.41) is 11.8. The van der Waals surface area contributed by atoms with E-state index in [1.54, 1.807) is 4.68 Å². The number of ether oxygens (including phenoxy) is 1. The standard InChI is InChI=1S/C13H18BrN5O/c1-9(2)8-20-6-5-19-13(16-17-18-19)10-3-4-11(14)12(15)7-10/h3-4,7,9H,5-6,8,15H2,1-2H3. The van der Waals surface area contributed by atoms with Crippen LogP contribution in [0, 0.1) is 5.92 Å². The van der Waals surface area contributed by atoms with Gasteiger partial charge in [-0.2, -0.15) is 0 Å². The van der Waals surface area contributed by atoms with Crippen molar-refractivity contribution in [1.29, 1.82) is 0 Å². The molecule has 0 radical (unpaired) electrons. The molecule has 0 atom stereocenters. The Balaban J connectivity index is 2.06. The number of rotatable bonds is 6. The van der Waals surface area contributed by atoms with Gasteiger partial charge in [-0.25, -0.2) is 4.68 Å². The largest absolute Gasteiger partial charge is 0.398 e. The highest BCUT2D eigenvalue weighted by Gasteiger charge is 2.10. The fourth-order valence-corrected chi connectivity index (χ4v) is 1.96. The molecule has 0 amide bonds. The second kappa shape index (κ2) is 6.81. The van der Waals surface area contributed by atoms with Crippen molar-refractivity contribution in [2.24, 2.45) is 5.92 Å². The van der Waals surface area contributed by atoms with Gasteiger partial charge in [0.2, 0.25) is 0 Å². The number of nitrogen functional groups attached to an aromatic ring is 1. The molecule has 0 unspecified atom stereocenters. The lowest BCUT2D eigenvalue weighted by molar-refractivity contribution is 0.101. The van der Waals surface area contributed by atoms with Gasteiger partial charge in [0.15, 0.2) is 5.82 Å². The van der Waals surface area contributed by atoms with Crippen LogP contribution in [0.5, 0.6) is 0 Å². The third kappa shape index (κ3) is 3.77. The van der Waals surface area contributed by atoms with Crippen molar-refractivity contribution in [1.82, 2.24) is 20.2 Å². The summed E-state index contributed by atoms with van der Waals surface area (Å²) < 4.78 is 8.14. The zero-order chi connectivity index (χ0) is 14.5. The van der Waals surface area contributed by atoms with E-state index in [9.17, 15) is 0 Å². The van der Waals surface area contributed by atoms with Gasteiger partial charge in [0.1, 0.15) is 0 Å². The minimum atomic E-state index is 0.523. The Hall–Kier alpha value is -1.47. The normalized spacial score (nSPS) is 11.2. The maximum atomic E-state index is 5.88. The summed E-state index contributed by atoms with van der Waals surface area (Å²) in [6.07, 6.45) is 0. The molecular weight excluding hydrogens is 322 g/mol. The molecule has 0 saturated heterocycles. The number of nitrogens with zero attached hydrogens (tertiary/aromatic N) is 4. The molecule has 20 heavy (non-hydrogen) atoms. The molecule has 6 nitrogen and oxygen atoms in total. The van der Waals surface area contributed by atoms with E-state index < -0.39 is 0 Å². The molecule has 1 heterocycles. The minimum Gasteiger partial charge on any atom is -0.398 e. The van der Waals surface area contributed by atoms with Crippen LogP contribution >= 0.6 is 15.9 Å². The summed E-state index contributed by atoms with van der Waals surface area (Å²) in [7, 11) is 0. The average molecular weight is 340 g/mol. The Morgan fingerprint density at radius 3 is 2.90 bits per heavy atom. The molecular formula is C13H18BrN5O. The Morgan fingerprint density at radius 2 is 2.20 bits per heavy atom. The maximum Gasteiger partial charge on any atom is 0.182 e. The summed E-state index contributed by atoms with van der Waals surface area (Å²) in [5.74, 6) is 1.21. The third-order valence-corrected chi connectivity index (χ3v) is 3.41. The molecule has 1 aromatic carbocycles. The molecule has 2 N–H and O–H groups in total. The summed E-state index contributed by atoms with van der Waals surface area (Å²) in [6, 6.07) is 5.66. The lowest BCUT2D eigenvalue weighted by atomic mass is 10.2. The SMILES string of the molecule is CC(C)COCCn1nnnc1-c1ccc(Br)c(N)c1. The van der Waals surface area contributed by atoms with Gasteiger partial charge in [-0.15, -0.1) is 5.10 Å². The van der Waals surface area contributed by atoms with Crippen LogP contribution in [0.2, 0.25) is 0 Å². The van der Waals surface area contributed by atoms with Crippen molar-refractivity contribution >= 4 is 21.6 Å². The van der Waals surface area contributed by atoms with Crippen LogP contribution < -0.4 is 5.73 Å². The number of halogens is 1. The van der Waals surface area contributed by atoms with E-state index in [1.165, 1.54) is 0 Å². The van der Waals surface area contributed by atoms with Crippen LogP contribution in [-0.4, -0.2) is 33.4 Å². The van der Waals surface area contributed by atoms with Crippen LogP contribution in [0.15, 0.2) is 22.7 Å². The van der Waals surface area contributed by atoms with Gasteiger partial charge in [-0.3, -0.25) is 0 Å². The second-order valence-electron chi connectivity index (χ2n) is 4.93. The van der Waals surface area contributed by atoms with Gasteiger partial charge in [-0.05, 0) is 50.5 Å². The molecule has 108 valence electrons. The Kier molecular flexibility index (Phi) is 5.08. The summed E-state index contributed by atoms with van der Waals surface area (Å²) in [4.78, 5) is 0. The Labute approximate surface area is 126 Å². The quantitative estimate of drug-likeness (QED) is 0.645. The van der Waals surface area contributed by atoms with Crippen LogP contribution in [-0.2, 0) is 11.3 Å². The van der Waals surface area contributed by atoms with Crippen molar-refractivity contribution in [3.05, 3.63) is 22.7 Å². The van der Waals surface area contributed by atoms with Gasteiger partial charge in [-0.1, -0.05) is 13.8 Å². The Bertz CT molecular complexity index is 570. The monoisotopic (exact) mass is 339 g/mol. The van der Waals surface area contributed by atoms with E-state index in [0.717, 1.165) is 16.6 Å². The number of aromatic nitrogens is 4. The molecule has 0 aliphatic rings. The highest BCUT2D eigenvalue weighted by atomic mass is 79.9. The molecule has 0 bridgehead atoms. The number of anilines is 1. The average Bonchev–Trinajstić information content (AvgIpc) is 2.86. The third-order valence-electron chi connectivity index (χ3n) is 2.68. The lowest BCUT2D eigenvalue weighted by Crippen LogP contribution is -2.11. The highest BCUT2D eigenvalue weighted by Crippen LogP contribution is 2.25. The Morgan fingerprint density at radius 1 is 1.40 bits per heavy atom. The predicted molar refractivity (Wildman–Crippen MR) is 81.0 cm³/mol. The van der Waals surface area contributed by atoms with Crippen molar-refractivity contribution in [3.8, 4) is 11.4 Å². The van der Waals surface area contributed by atoms with Crippen molar-refractivity contribution in [3.63, 3.8) is 0 Å². The second-order valence-corrected chi connectivity index (χ2v) is 5.79. The van der Waals surface area contributed by atoms with E-state index in [0.29, 0.717) is 30.6 Å². The highest BCUT2D eigenvalue weighted by molar-refractivity contribution is 9.10. The summed E-state index contributed by atoms with van der Waals surface area (Å²) in [6.45, 7) is 6.18. The predicted octanol–water partition coefficient (Wildman–Crippen LogP) is 2.36. The number of tetrazole rings is 1. The van der Waals surface area contributed by atoms with Crippen LogP contribution in [0.4, 0.5) is 5.69 Å². The van der Waals surface area contributed by atoms with Crippen LogP contribution in [0.3, 0.4) is 0 Å². The van der Waals surface area contributed by atoms with E-state index in [-0.39, 0.29) is 0 Å². The van der Waals surface area contributed by atoms with E-state index >= 15 is 0 Å². The molecule has 0 fully saturated rings. The van der Waals surface area contributed by atoms with Crippen LogP contribution in [0.25, 0.3) is 11.4 Å². The summed E-state index contributed by atoms with van der Waals surface area (Å²) >= 11 is 3.37. The van der Waals surface area contributed by atoms with Crippen molar-refractivity contribution in [2.75, 3.05) is 18.9 Å². The topological polar surface area (TPSA) is 78.8 Å².